The summed E-state index contributed by atoms with van der Waals surface area (Å²) in [4.78, 5) is 17.5. The van der Waals surface area contributed by atoms with Gasteiger partial charge in [0.15, 0.2) is 11.5 Å². The first-order chi connectivity index (χ1) is 13.5. The van der Waals surface area contributed by atoms with Crippen molar-refractivity contribution in [3.05, 3.63) is 61.0 Å². The molecule has 0 amide bonds. The molecule has 3 aromatic rings. The minimum atomic E-state index is -0.212. The minimum absolute atomic E-state index is 0.212. The Bertz CT molecular complexity index is 1110. The van der Waals surface area contributed by atoms with Crippen molar-refractivity contribution in [1.82, 2.24) is 9.66 Å². The Balaban J connectivity index is 2.09. The van der Waals surface area contributed by atoms with E-state index in [9.17, 15) is 4.79 Å². The molecular weight excluding hydrogens is 490 g/mol. The third-order valence-corrected chi connectivity index (χ3v) is 5.14. The number of hydrogen-bond acceptors (Lipinski definition) is 5. The van der Waals surface area contributed by atoms with Crippen LogP contribution in [0.25, 0.3) is 10.9 Å². The fourth-order valence-electron chi connectivity index (χ4n) is 2.77. The Morgan fingerprint density at radius 1 is 1.21 bits per heavy atom. The summed E-state index contributed by atoms with van der Waals surface area (Å²) in [5.74, 6) is 1.81. The maximum atomic E-state index is 12.9. The average Bonchev–Trinajstić information content (AvgIpc) is 2.69. The molecule has 8 heteroatoms. The molecule has 0 bridgehead atoms. The topological polar surface area (TPSA) is 65.7 Å². The Kier molecular flexibility index (Phi) is 6.51. The highest BCUT2D eigenvalue weighted by Crippen LogP contribution is 2.36. The second-order valence-corrected chi connectivity index (χ2v) is 7.64. The normalized spacial score (nSPS) is 11.3. The van der Waals surface area contributed by atoms with Crippen molar-refractivity contribution >= 4 is 49.0 Å². The van der Waals surface area contributed by atoms with Crippen molar-refractivity contribution in [2.24, 2.45) is 5.10 Å². The number of aryl methyl sites for hydroxylation is 1. The second kappa shape index (κ2) is 8.87. The first kappa shape index (κ1) is 20.5. The summed E-state index contributed by atoms with van der Waals surface area (Å²) < 4.78 is 13.9. The number of ether oxygens (including phenoxy) is 2. The third kappa shape index (κ3) is 4.12. The highest BCUT2D eigenvalue weighted by Gasteiger charge is 2.12. The molecule has 2 aromatic carbocycles. The van der Waals surface area contributed by atoms with E-state index < -0.39 is 0 Å². The summed E-state index contributed by atoms with van der Waals surface area (Å²) in [6.07, 6.45) is 2.18. The number of rotatable bonds is 6. The van der Waals surface area contributed by atoms with Gasteiger partial charge in [-0.05, 0) is 58.7 Å². The maximum absolute atomic E-state index is 12.9. The second-order valence-electron chi connectivity index (χ2n) is 5.87. The predicted octanol–water partition coefficient (Wildman–Crippen LogP) is 4.77. The number of methoxy groups -OCH3 is 1. The maximum Gasteiger partial charge on any atom is 0.282 e. The van der Waals surface area contributed by atoms with Crippen LogP contribution in [0.15, 0.2) is 49.2 Å². The van der Waals surface area contributed by atoms with Crippen LogP contribution in [0.3, 0.4) is 0 Å². The molecule has 0 saturated carbocycles. The van der Waals surface area contributed by atoms with E-state index >= 15 is 0 Å². The lowest BCUT2D eigenvalue weighted by molar-refractivity contribution is 0.309. The molecule has 0 N–H and O–H groups in total. The minimum Gasteiger partial charge on any atom is -0.493 e. The van der Waals surface area contributed by atoms with Crippen LogP contribution in [0.4, 0.5) is 0 Å². The fraction of sp³-hybridized carbons (Fsp3) is 0.250. The predicted molar refractivity (Wildman–Crippen MR) is 118 cm³/mol. The van der Waals surface area contributed by atoms with Crippen LogP contribution in [0.2, 0.25) is 0 Å². The summed E-state index contributed by atoms with van der Waals surface area (Å²) in [5.41, 5.74) is 1.20. The zero-order valence-corrected chi connectivity index (χ0v) is 18.9. The molecule has 0 fully saturated rings. The molecule has 0 aliphatic carbocycles. The van der Waals surface area contributed by atoms with E-state index in [1.165, 1.54) is 4.68 Å². The van der Waals surface area contributed by atoms with Gasteiger partial charge in [0.1, 0.15) is 5.82 Å². The summed E-state index contributed by atoms with van der Waals surface area (Å²) in [5, 5.41) is 4.91. The SMILES string of the molecule is CCOc1c(Br)cc(C=Nn2c(CC)nc3ccc(Br)cc3c2=O)cc1OC. The van der Waals surface area contributed by atoms with Crippen molar-refractivity contribution in [2.75, 3.05) is 13.7 Å². The van der Waals surface area contributed by atoms with E-state index in [1.807, 2.05) is 32.0 Å². The Hall–Kier alpha value is -2.19. The molecule has 6 nitrogen and oxygen atoms in total. The summed E-state index contributed by atoms with van der Waals surface area (Å²) in [6, 6.07) is 9.11. The number of halogens is 2. The van der Waals surface area contributed by atoms with Crippen LogP contribution in [-0.4, -0.2) is 29.6 Å². The number of fused-ring (bicyclic) bond motifs is 1. The summed E-state index contributed by atoms with van der Waals surface area (Å²) in [6.45, 7) is 4.37. The molecule has 0 atom stereocenters. The number of hydrogen-bond donors (Lipinski definition) is 0. The largest absolute Gasteiger partial charge is 0.493 e. The Morgan fingerprint density at radius 2 is 2.00 bits per heavy atom. The van der Waals surface area contributed by atoms with Gasteiger partial charge in [-0.25, -0.2) is 4.98 Å². The van der Waals surface area contributed by atoms with Crippen LogP contribution in [0.1, 0.15) is 25.2 Å². The van der Waals surface area contributed by atoms with Gasteiger partial charge in [-0.2, -0.15) is 9.78 Å². The first-order valence-corrected chi connectivity index (χ1v) is 10.3. The molecular formula is C20H19Br2N3O3. The van der Waals surface area contributed by atoms with Gasteiger partial charge in [-0.3, -0.25) is 4.79 Å². The molecule has 0 unspecified atom stereocenters. The van der Waals surface area contributed by atoms with Gasteiger partial charge in [0.25, 0.3) is 5.56 Å². The molecule has 1 aromatic heterocycles. The quantitative estimate of drug-likeness (QED) is 0.450. The monoisotopic (exact) mass is 507 g/mol. The fourth-order valence-corrected chi connectivity index (χ4v) is 3.70. The molecule has 0 aliphatic rings. The smallest absolute Gasteiger partial charge is 0.282 e. The molecule has 0 aliphatic heterocycles. The van der Waals surface area contributed by atoms with Crippen molar-refractivity contribution in [3.8, 4) is 11.5 Å². The average molecular weight is 509 g/mol. The Labute approximate surface area is 179 Å². The lowest BCUT2D eigenvalue weighted by atomic mass is 10.2. The number of benzene rings is 2. The Morgan fingerprint density at radius 3 is 2.68 bits per heavy atom. The summed E-state index contributed by atoms with van der Waals surface area (Å²) in [7, 11) is 1.58. The van der Waals surface area contributed by atoms with Crippen molar-refractivity contribution in [2.45, 2.75) is 20.3 Å². The van der Waals surface area contributed by atoms with Gasteiger partial charge in [-0.1, -0.05) is 22.9 Å². The zero-order valence-electron chi connectivity index (χ0n) is 15.7. The standard InChI is InChI=1S/C20H19Br2N3O3/c1-4-18-24-16-7-6-13(21)10-14(16)20(26)25(18)23-11-12-8-15(22)19(28-5-2)17(9-12)27-3/h6-11H,4-5H2,1-3H3. The van der Waals surface area contributed by atoms with Gasteiger partial charge < -0.3 is 9.47 Å². The van der Waals surface area contributed by atoms with Crippen LogP contribution in [0, 0.1) is 0 Å². The molecule has 0 saturated heterocycles. The molecule has 146 valence electrons. The van der Waals surface area contributed by atoms with Crippen molar-refractivity contribution < 1.29 is 9.47 Å². The van der Waals surface area contributed by atoms with Crippen LogP contribution >= 0.6 is 31.9 Å². The van der Waals surface area contributed by atoms with E-state index in [2.05, 4.69) is 41.9 Å². The first-order valence-electron chi connectivity index (χ1n) is 8.74. The molecule has 1 heterocycles. The van der Waals surface area contributed by atoms with Crippen LogP contribution in [-0.2, 0) is 6.42 Å². The number of aromatic nitrogens is 2. The van der Waals surface area contributed by atoms with Crippen molar-refractivity contribution in [1.29, 1.82) is 0 Å². The van der Waals surface area contributed by atoms with E-state index in [4.69, 9.17) is 9.47 Å². The van der Waals surface area contributed by atoms with Gasteiger partial charge >= 0.3 is 0 Å². The van der Waals surface area contributed by atoms with E-state index in [0.717, 1.165) is 14.5 Å². The zero-order chi connectivity index (χ0) is 20.3. The van der Waals surface area contributed by atoms with Gasteiger partial charge in [0.05, 0.1) is 35.3 Å². The van der Waals surface area contributed by atoms with E-state index in [-0.39, 0.29) is 5.56 Å². The van der Waals surface area contributed by atoms with E-state index in [1.54, 1.807) is 25.5 Å². The van der Waals surface area contributed by atoms with E-state index in [0.29, 0.717) is 41.3 Å². The van der Waals surface area contributed by atoms with Gasteiger partial charge in [0, 0.05) is 10.9 Å². The molecule has 28 heavy (non-hydrogen) atoms. The molecule has 0 spiro atoms. The highest BCUT2D eigenvalue weighted by molar-refractivity contribution is 9.10. The van der Waals surface area contributed by atoms with Gasteiger partial charge in [0.2, 0.25) is 0 Å². The van der Waals surface area contributed by atoms with Gasteiger partial charge in [-0.15, -0.1) is 0 Å². The van der Waals surface area contributed by atoms with Crippen LogP contribution < -0.4 is 15.0 Å². The van der Waals surface area contributed by atoms with Crippen molar-refractivity contribution in [3.63, 3.8) is 0 Å². The summed E-state index contributed by atoms with van der Waals surface area (Å²) >= 11 is 6.90. The van der Waals surface area contributed by atoms with Crippen LogP contribution in [0.5, 0.6) is 11.5 Å². The molecule has 0 radical (unpaired) electrons. The lowest BCUT2D eigenvalue weighted by Gasteiger charge is -2.12. The lowest BCUT2D eigenvalue weighted by Crippen LogP contribution is -2.22. The third-order valence-electron chi connectivity index (χ3n) is 4.05. The molecule has 3 rings (SSSR count). The number of nitrogens with zero attached hydrogens (tertiary/aromatic N) is 3. The highest BCUT2D eigenvalue weighted by atomic mass is 79.9.